The summed E-state index contributed by atoms with van der Waals surface area (Å²) in [6.07, 6.45) is 73.2. The van der Waals surface area contributed by atoms with Gasteiger partial charge in [0.05, 0.1) is 0 Å². The van der Waals surface area contributed by atoms with Gasteiger partial charge in [0.1, 0.15) is 13.2 Å². The summed E-state index contributed by atoms with van der Waals surface area (Å²) in [5.41, 5.74) is 0. The van der Waals surface area contributed by atoms with Crippen molar-refractivity contribution in [2.24, 2.45) is 0 Å². The Labute approximate surface area is 457 Å². The van der Waals surface area contributed by atoms with E-state index in [2.05, 4.69) is 20.8 Å². The predicted octanol–water partition coefficient (Wildman–Crippen LogP) is 22.7. The molecule has 0 aliphatic heterocycles. The molecule has 0 saturated carbocycles. The van der Waals surface area contributed by atoms with Crippen molar-refractivity contribution in [1.29, 1.82) is 0 Å². The monoisotopic (exact) mass is 1030 g/mol. The smallest absolute Gasteiger partial charge is 0.306 e. The fourth-order valence-electron chi connectivity index (χ4n) is 10.6. The summed E-state index contributed by atoms with van der Waals surface area (Å²) in [7, 11) is 0. The van der Waals surface area contributed by atoms with Crippen molar-refractivity contribution >= 4 is 17.9 Å². The van der Waals surface area contributed by atoms with Gasteiger partial charge in [0.2, 0.25) is 0 Å². The second-order valence-corrected chi connectivity index (χ2v) is 23.1. The van der Waals surface area contributed by atoms with Crippen LogP contribution in [0.2, 0.25) is 0 Å². The van der Waals surface area contributed by atoms with E-state index >= 15 is 0 Å². The Morgan fingerprint density at radius 3 is 0.548 bits per heavy atom. The average molecular weight is 1030 g/mol. The van der Waals surface area contributed by atoms with Crippen molar-refractivity contribution in [1.82, 2.24) is 0 Å². The summed E-state index contributed by atoms with van der Waals surface area (Å²) in [5.74, 6) is -0.840. The summed E-state index contributed by atoms with van der Waals surface area (Å²) in [4.78, 5) is 38.0. The molecule has 1 atom stereocenters. The topological polar surface area (TPSA) is 78.9 Å². The molecule has 0 fully saturated rings. The molecule has 0 bridgehead atoms. The third-order valence-corrected chi connectivity index (χ3v) is 15.6. The van der Waals surface area contributed by atoms with Crippen LogP contribution in [0.25, 0.3) is 0 Å². The zero-order valence-corrected chi connectivity index (χ0v) is 50.0. The van der Waals surface area contributed by atoms with E-state index in [4.69, 9.17) is 14.2 Å². The molecule has 0 radical (unpaired) electrons. The van der Waals surface area contributed by atoms with Gasteiger partial charge in [0.25, 0.3) is 0 Å². The van der Waals surface area contributed by atoms with Gasteiger partial charge >= 0.3 is 17.9 Å². The minimum atomic E-state index is -0.760. The highest BCUT2D eigenvalue weighted by Crippen LogP contribution is 2.19. The van der Waals surface area contributed by atoms with Crippen LogP contribution in [0.15, 0.2) is 0 Å². The minimum Gasteiger partial charge on any atom is -0.462 e. The Kier molecular flexibility index (Phi) is 61.6. The maximum Gasteiger partial charge on any atom is 0.306 e. The third kappa shape index (κ3) is 61.1. The molecule has 1 unspecified atom stereocenters. The van der Waals surface area contributed by atoms with Crippen LogP contribution in [-0.4, -0.2) is 37.2 Å². The van der Waals surface area contributed by atoms with E-state index in [9.17, 15) is 14.4 Å². The first-order valence-electron chi connectivity index (χ1n) is 33.5. The SMILES string of the molecule is CCCCCCCCCCCCCCCCCCCCCCCCCCCCCCCCCCCCCC(=O)OCC(COC(=O)CCCCCCCCCC)OC(=O)CCCCCCCCCCCCCC. The summed E-state index contributed by atoms with van der Waals surface area (Å²) in [6.45, 7) is 6.67. The van der Waals surface area contributed by atoms with Gasteiger partial charge in [-0.3, -0.25) is 14.4 Å². The van der Waals surface area contributed by atoms with Crippen LogP contribution in [0.1, 0.15) is 393 Å². The lowest BCUT2D eigenvalue weighted by molar-refractivity contribution is -0.167. The molecule has 0 saturated heterocycles. The fraction of sp³-hybridized carbons (Fsp3) is 0.955. The molecule has 0 aliphatic rings. The van der Waals surface area contributed by atoms with Gasteiger partial charge in [-0.25, -0.2) is 0 Å². The maximum atomic E-state index is 12.8. The molecule has 6 nitrogen and oxygen atoms in total. The standard InChI is InChI=1S/C67H130O6/c1-4-7-10-13-16-19-21-23-24-25-26-27-28-29-30-31-32-33-34-35-36-37-38-39-40-41-42-43-44-45-47-48-51-54-57-60-66(69)72-63-64(62-71-65(68)59-56-53-50-18-15-12-9-6-3)73-67(70)61-58-55-52-49-46-22-20-17-14-11-8-5-2/h64H,4-63H2,1-3H3. The van der Waals surface area contributed by atoms with Crippen molar-refractivity contribution in [3.8, 4) is 0 Å². The molecule has 0 aromatic carbocycles. The summed E-state index contributed by atoms with van der Waals surface area (Å²) >= 11 is 0. The highest BCUT2D eigenvalue weighted by Gasteiger charge is 2.19. The highest BCUT2D eigenvalue weighted by atomic mass is 16.6. The maximum absolute atomic E-state index is 12.8. The number of carbonyl (C=O) groups is 3. The number of esters is 3. The van der Waals surface area contributed by atoms with E-state index in [-0.39, 0.29) is 31.1 Å². The van der Waals surface area contributed by atoms with E-state index in [1.54, 1.807) is 0 Å². The number of unbranched alkanes of at least 4 members (excludes halogenated alkanes) is 52. The lowest BCUT2D eigenvalue weighted by Crippen LogP contribution is -2.30. The van der Waals surface area contributed by atoms with E-state index in [1.807, 2.05) is 0 Å². The first-order chi connectivity index (χ1) is 36.0. The van der Waals surface area contributed by atoms with Crippen LogP contribution in [0.3, 0.4) is 0 Å². The molecule has 0 spiro atoms. The minimum absolute atomic E-state index is 0.0618. The second kappa shape index (κ2) is 62.9. The van der Waals surface area contributed by atoms with E-state index in [1.165, 1.54) is 295 Å². The van der Waals surface area contributed by atoms with Gasteiger partial charge in [-0.2, -0.15) is 0 Å². The van der Waals surface area contributed by atoms with Gasteiger partial charge < -0.3 is 14.2 Å². The molecule has 0 heterocycles. The van der Waals surface area contributed by atoms with Crippen LogP contribution < -0.4 is 0 Å². The van der Waals surface area contributed by atoms with Crippen LogP contribution in [-0.2, 0) is 28.6 Å². The molecule has 0 rings (SSSR count). The molecular formula is C67H130O6. The molecule has 0 aromatic heterocycles. The first kappa shape index (κ1) is 71.4. The zero-order valence-electron chi connectivity index (χ0n) is 50.0. The summed E-state index contributed by atoms with van der Waals surface area (Å²) in [6, 6.07) is 0. The van der Waals surface area contributed by atoms with Gasteiger partial charge in [0.15, 0.2) is 6.10 Å². The van der Waals surface area contributed by atoms with Crippen molar-refractivity contribution in [3.05, 3.63) is 0 Å². The highest BCUT2D eigenvalue weighted by molar-refractivity contribution is 5.71. The van der Waals surface area contributed by atoms with Gasteiger partial charge in [-0.1, -0.05) is 355 Å². The quantitative estimate of drug-likeness (QED) is 0.0343. The Hall–Kier alpha value is -1.59. The van der Waals surface area contributed by atoms with Gasteiger partial charge in [-0.15, -0.1) is 0 Å². The molecule has 0 aromatic rings. The molecule has 434 valence electrons. The molecule has 0 aliphatic carbocycles. The molecule has 0 amide bonds. The van der Waals surface area contributed by atoms with Crippen LogP contribution in [0, 0.1) is 0 Å². The molecule has 73 heavy (non-hydrogen) atoms. The number of ether oxygens (including phenoxy) is 3. The summed E-state index contributed by atoms with van der Waals surface area (Å²) < 4.78 is 16.8. The van der Waals surface area contributed by atoms with Crippen LogP contribution in [0.5, 0.6) is 0 Å². The number of hydrogen-bond acceptors (Lipinski definition) is 6. The van der Waals surface area contributed by atoms with Crippen molar-refractivity contribution in [3.63, 3.8) is 0 Å². The van der Waals surface area contributed by atoms with E-state index < -0.39 is 6.10 Å². The summed E-state index contributed by atoms with van der Waals surface area (Å²) in [5, 5.41) is 0. The normalized spacial score (nSPS) is 11.9. The van der Waals surface area contributed by atoms with Gasteiger partial charge in [-0.05, 0) is 19.3 Å². The Bertz CT molecular complexity index is 1090. The fourth-order valence-corrected chi connectivity index (χ4v) is 10.6. The van der Waals surface area contributed by atoms with Crippen molar-refractivity contribution in [2.75, 3.05) is 13.2 Å². The number of carbonyl (C=O) groups excluding carboxylic acids is 3. The Balaban J connectivity index is 3.85. The zero-order chi connectivity index (χ0) is 52.9. The number of hydrogen-bond donors (Lipinski definition) is 0. The van der Waals surface area contributed by atoms with Gasteiger partial charge in [0, 0.05) is 19.3 Å². The van der Waals surface area contributed by atoms with E-state index in [0.29, 0.717) is 19.3 Å². The number of rotatable bonds is 63. The average Bonchev–Trinajstić information content (AvgIpc) is 3.39. The lowest BCUT2D eigenvalue weighted by atomic mass is 10.0. The second-order valence-electron chi connectivity index (χ2n) is 23.1. The Morgan fingerprint density at radius 1 is 0.219 bits per heavy atom. The predicted molar refractivity (Wildman–Crippen MR) is 317 cm³/mol. The van der Waals surface area contributed by atoms with Crippen molar-refractivity contribution in [2.45, 2.75) is 399 Å². The Morgan fingerprint density at radius 2 is 0.370 bits per heavy atom. The first-order valence-corrected chi connectivity index (χ1v) is 33.5. The van der Waals surface area contributed by atoms with Crippen LogP contribution in [0.4, 0.5) is 0 Å². The lowest BCUT2D eigenvalue weighted by Gasteiger charge is -2.18. The van der Waals surface area contributed by atoms with Crippen LogP contribution >= 0.6 is 0 Å². The van der Waals surface area contributed by atoms with E-state index in [0.717, 1.165) is 57.8 Å². The molecule has 0 N–H and O–H groups in total. The third-order valence-electron chi connectivity index (χ3n) is 15.6. The molecule has 6 heteroatoms. The molecular weight excluding hydrogens is 901 g/mol. The van der Waals surface area contributed by atoms with Crippen molar-refractivity contribution < 1.29 is 28.6 Å². The largest absolute Gasteiger partial charge is 0.462 e.